The second kappa shape index (κ2) is 11.0. The molecule has 15 heavy (non-hydrogen) atoms. The van der Waals surface area contributed by atoms with Crippen molar-refractivity contribution in [3.05, 3.63) is 35.4 Å². The SMILES string of the molecule is CC.CC(=O)c1ccc(C=O)cc1.OP. The second-order valence-corrected chi connectivity index (χ2v) is 2.30. The van der Waals surface area contributed by atoms with Crippen molar-refractivity contribution in [2.24, 2.45) is 0 Å². The van der Waals surface area contributed by atoms with Crippen molar-refractivity contribution in [3.8, 4) is 0 Å². The Kier molecular flexibility index (Phi) is 12.0. The average Bonchev–Trinajstić information content (AvgIpc) is 2.34. The van der Waals surface area contributed by atoms with Gasteiger partial charge in [0.15, 0.2) is 5.78 Å². The summed E-state index contributed by atoms with van der Waals surface area (Å²) in [6.45, 7) is 5.50. The van der Waals surface area contributed by atoms with Crippen LogP contribution in [0.4, 0.5) is 0 Å². The molecule has 0 aliphatic rings. The van der Waals surface area contributed by atoms with Gasteiger partial charge in [-0.3, -0.25) is 9.59 Å². The predicted molar refractivity (Wildman–Crippen MR) is 65.1 cm³/mol. The van der Waals surface area contributed by atoms with Crippen LogP contribution in [0.25, 0.3) is 0 Å². The lowest BCUT2D eigenvalue weighted by Crippen LogP contribution is -1.91. The van der Waals surface area contributed by atoms with Gasteiger partial charge in [0.05, 0.1) is 0 Å². The van der Waals surface area contributed by atoms with Gasteiger partial charge in [-0.25, -0.2) is 0 Å². The number of rotatable bonds is 2. The van der Waals surface area contributed by atoms with Crippen LogP contribution in [0.3, 0.4) is 0 Å². The number of hydrogen-bond donors (Lipinski definition) is 1. The molecular weight excluding hydrogens is 211 g/mol. The Bertz CT molecular complexity index is 280. The fourth-order valence-corrected chi connectivity index (χ4v) is 0.796. The maximum atomic E-state index is 10.8. The molecule has 0 radical (unpaired) electrons. The molecule has 0 aliphatic heterocycles. The van der Waals surface area contributed by atoms with Crippen LogP contribution in [-0.4, -0.2) is 17.0 Å². The molecule has 0 spiro atoms. The summed E-state index contributed by atoms with van der Waals surface area (Å²) in [5.41, 5.74) is 1.23. The lowest BCUT2D eigenvalue weighted by atomic mass is 10.1. The third kappa shape index (κ3) is 6.95. The maximum Gasteiger partial charge on any atom is 0.159 e. The van der Waals surface area contributed by atoms with E-state index < -0.39 is 0 Å². The Morgan fingerprint density at radius 3 is 1.87 bits per heavy atom. The van der Waals surface area contributed by atoms with Crippen molar-refractivity contribution in [2.45, 2.75) is 20.8 Å². The van der Waals surface area contributed by atoms with Crippen molar-refractivity contribution in [1.82, 2.24) is 0 Å². The molecule has 84 valence electrons. The van der Waals surface area contributed by atoms with E-state index in [9.17, 15) is 9.59 Å². The summed E-state index contributed by atoms with van der Waals surface area (Å²) in [5.74, 6) is 0.0162. The first-order valence-corrected chi connectivity index (χ1v) is 5.07. The van der Waals surface area contributed by atoms with Crippen LogP contribution in [0, 0.1) is 0 Å². The van der Waals surface area contributed by atoms with E-state index in [4.69, 9.17) is 4.89 Å². The number of carbonyl (C=O) groups excluding carboxylic acids is 2. The van der Waals surface area contributed by atoms with Gasteiger partial charge >= 0.3 is 0 Å². The first-order valence-electron chi connectivity index (χ1n) is 4.56. The van der Waals surface area contributed by atoms with E-state index in [0.717, 1.165) is 6.29 Å². The summed E-state index contributed by atoms with van der Waals surface area (Å²) in [4.78, 5) is 27.9. The maximum absolute atomic E-state index is 10.8. The molecule has 1 atom stereocenters. The van der Waals surface area contributed by atoms with E-state index in [1.807, 2.05) is 13.8 Å². The van der Waals surface area contributed by atoms with Crippen LogP contribution in [0.5, 0.6) is 0 Å². The third-order valence-electron chi connectivity index (χ3n) is 1.45. The molecule has 0 amide bonds. The van der Waals surface area contributed by atoms with Crippen LogP contribution < -0.4 is 0 Å². The number of Topliss-reactive ketones (excluding diaryl/α,β-unsaturated/α-hetero) is 1. The Balaban J connectivity index is 0. The Morgan fingerprint density at radius 2 is 1.60 bits per heavy atom. The van der Waals surface area contributed by atoms with Crippen LogP contribution >= 0.6 is 9.47 Å². The average molecular weight is 228 g/mol. The molecule has 0 heterocycles. The summed E-state index contributed by atoms with van der Waals surface area (Å²) in [6, 6.07) is 6.55. The largest absolute Gasteiger partial charge is 0.380 e. The Hall–Kier alpha value is -1.05. The van der Waals surface area contributed by atoms with Gasteiger partial charge in [0.25, 0.3) is 0 Å². The zero-order valence-electron chi connectivity index (χ0n) is 9.23. The first-order chi connectivity index (χ1) is 7.24. The summed E-state index contributed by atoms with van der Waals surface area (Å²) in [7, 11) is 1.42. The van der Waals surface area contributed by atoms with Crippen molar-refractivity contribution < 1.29 is 14.5 Å². The third-order valence-corrected chi connectivity index (χ3v) is 1.45. The highest BCUT2D eigenvalue weighted by molar-refractivity contribution is 7.08. The van der Waals surface area contributed by atoms with E-state index in [1.54, 1.807) is 24.3 Å². The highest BCUT2D eigenvalue weighted by atomic mass is 31.0. The number of carbonyl (C=O) groups is 2. The van der Waals surface area contributed by atoms with E-state index in [0.29, 0.717) is 11.1 Å². The predicted octanol–water partition coefficient (Wildman–Crippen LogP) is 2.50. The van der Waals surface area contributed by atoms with Crippen LogP contribution in [0.1, 0.15) is 41.5 Å². The lowest BCUT2D eigenvalue weighted by molar-refractivity contribution is 0.101. The van der Waals surface area contributed by atoms with E-state index in [-0.39, 0.29) is 5.78 Å². The van der Waals surface area contributed by atoms with Crippen LogP contribution in [-0.2, 0) is 0 Å². The molecule has 1 N–H and O–H groups in total. The van der Waals surface area contributed by atoms with Crippen molar-refractivity contribution in [3.63, 3.8) is 0 Å². The van der Waals surface area contributed by atoms with Crippen molar-refractivity contribution in [2.75, 3.05) is 0 Å². The molecule has 4 heteroatoms. The molecule has 1 rings (SSSR count). The van der Waals surface area contributed by atoms with Gasteiger partial charge in [-0.2, -0.15) is 0 Å². The van der Waals surface area contributed by atoms with Gasteiger partial charge in [-0.1, -0.05) is 38.1 Å². The number of benzene rings is 1. The number of aldehydes is 1. The smallest absolute Gasteiger partial charge is 0.159 e. The van der Waals surface area contributed by atoms with E-state index in [2.05, 4.69) is 0 Å². The van der Waals surface area contributed by atoms with Gasteiger partial charge in [-0.15, -0.1) is 0 Å². The summed E-state index contributed by atoms with van der Waals surface area (Å²) < 4.78 is 0. The Labute approximate surface area is 92.8 Å². The molecule has 0 saturated heterocycles. The standard InChI is InChI=1S/C9H8O2.C2H6.H3OP/c1-7(11)9-4-2-8(6-10)3-5-9;2*1-2/h2-6H,1H3;1-2H3;1H,2H2. The number of ketones is 1. The number of hydrogen-bond acceptors (Lipinski definition) is 3. The molecule has 0 fully saturated rings. The van der Waals surface area contributed by atoms with Gasteiger partial charge in [0, 0.05) is 11.1 Å². The molecule has 0 saturated carbocycles. The summed E-state index contributed by atoms with van der Waals surface area (Å²) in [6.07, 6.45) is 0.754. The fraction of sp³-hybridized carbons (Fsp3) is 0.273. The van der Waals surface area contributed by atoms with Gasteiger partial charge in [0.1, 0.15) is 6.29 Å². The molecule has 1 aromatic carbocycles. The topological polar surface area (TPSA) is 54.4 Å². The summed E-state index contributed by atoms with van der Waals surface area (Å²) in [5, 5.41) is 0. The minimum absolute atomic E-state index is 0.0162. The van der Waals surface area contributed by atoms with Crippen molar-refractivity contribution >= 4 is 21.5 Å². The van der Waals surface area contributed by atoms with E-state index >= 15 is 0 Å². The molecule has 1 aromatic rings. The minimum Gasteiger partial charge on any atom is -0.380 e. The van der Waals surface area contributed by atoms with Crippen LogP contribution in [0.2, 0.25) is 0 Å². The quantitative estimate of drug-likeness (QED) is 0.480. The monoisotopic (exact) mass is 228 g/mol. The fourth-order valence-electron chi connectivity index (χ4n) is 0.796. The molecule has 1 unspecified atom stereocenters. The molecule has 0 aromatic heterocycles. The summed E-state index contributed by atoms with van der Waals surface area (Å²) >= 11 is 0. The molecule has 3 nitrogen and oxygen atoms in total. The van der Waals surface area contributed by atoms with Gasteiger partial charge < -0.3 is 4.89 Å². The van der Waals surface area contributed by atoms with Crippen molar-refractivity contribution in [1.29, 1.82) is 0 Å². The second-order valence-electron chi connectivity index (χ2n) is 2.30. The lowest BCUT2D eigenvalue weighted by Gasteiger charge is -1.93. The Morgan fingerprint density at radius 1 is 1.20 bits per heavy atom. The molecule has 0 aliphatic carbocycles. The zero-order valence-corrected chi connectivity index (χ0v) is 10.4. The van der Waals surface area contributed by atoms with E-state index in [1.165, 1.54) is 16.4 Å². The molecule has 0 bridgehead atoms. The van der Waals surface area contributed by atoms with Crippen LogP contribution in [0.15, 0.2) is 24.3 Å². The first kappa shape index (κ1) is 16.4. The minimum atomic E-state index is 0.0162. The highest BCUT2D eigenvalue weighted by Gasteiger charge is 1.96. The molecular formula is C11H17O3P. The van der Waals surface area contributed by atoms with Gasteiger partial charge in [-0.05, 0) is 16.4 Å². The van der Waals surface area contributed by atoms with Gasteiger partial charge in [0.2, 0.25) is 0 Å². The normalized spacial score (nSPS) is 7.53. The highest BCUT2D eigenvalue weighted by Crippen LogP contribution is 2.02. The zero-order chi connectivity index (χ0) is 12.3.